The van der Waals surface area contributed by atoms with Gasteiger partial charge in [-0.1, -0.05) is 12.1 Å². The molecule has 20 heavy (non-hydrogen) atoms. The molecule has 1 N–H and O–H groups in total. The first-order valence-corrected chi connectivity index (χ1v) is 6.32. The normalized spacial score (nSPS) is 10.3. The van der Waals surface area contributed by atoms with Crippen LogP contribution in [0.25, 0.3) is 0 Å². The van der Waals surface area contributed by atoms with Crippen LogP contribution in [0.2, 0.25) is 0 Å². The smallest absolute Gasteiger partial charge is 0.287 e. The van der Waals surface area contributed by atoms with Crippen molar-refractivity contribution < 1.29 is 19.2 Å². The Hall–Kier alpha value is -1.99. The molecular formula is C13H9BrFNO4. The molecule has 0 spiro atoms. The number of hydrogen-bond donors (Lipinski definition) is 1. The topological polar surface area (TPSA) is 72.6 Å². The average molecular weight is 342 g/mol. The van der Waals surface area contributed by atoms with Gasteiger partial charge in [-0.15, -0.1) is 0 Å². The van der Waals surface area contributed by atoms with E-state index in [4.69, 9.17) is 9.84 Å². The molecular weight excluding hydrogens is 333 g/mol. The summed E-state index contributed by atoms with van der Waals surface area (Å²) in [4.78, 5) is 10.2. The Morgan fingerprint density at radius 2 is 2.05 bits per heavy atom. The number of aliphatic hydroxyl groups excluding tert-OH is 1. The van der Waals surface area contributed by atoms with Crippen molar-refractivity contribution in [1.29, 1.82) is 0 Å². The van der Waals surface area contributed by atoms with E-state index in [-0.39, 0.29) is 28.3 Å². The van der Waals surface area contributed by atoms with Gasteiger partial charge in [-0.2, -0.15) is 0 Å². The zero-order valence-electron chi connectivity index (χ0n) is 10.0. The summed E-state index contributed by atoms with van der Waals surface area (Å²) >= 11 is 3.06. The van der Waals surface area contributed by atoms with E-state index >= 15 is 0 Å². The number of nitro groups is 1. The maximum absolute atomic E-state index is 13.7. The second-order valence-corrected chi connectivity index (χ2v) is 4.66. The molecule has 0 aliphatic carbocycles. The minimum absolute atomic E-state index is 0.0802. The number of halogens is 2. The Labute approximate surface area is 121 Å². The highest BCUT2D eigenvalue weighted by molar-refractivity contribution is 9.10. The van der Waals surface area contributed by atoms with Crippen LogP contribution in [0.15, 0.2) is 40.9 Å². The van der Waals surface area contributed by atoms with Crippen molar-refractivity contribution in [1.82, 2.24) is 0 Å². The summed E-state index contributed by atoms with van der Waals surface area (Å²) in [6.07, 6.45) is 0. The standard InChI is InChI=1S/C13H9BrFNO4/c14-13-10(16(18)19)2-1-3-12(13)20-11-5-4-8(7-17)6-9(11)15/h1-6,17H,7H2. The molecule has 7 heteroatoms. The summed E-state index contributed by atoms with van der Waals surface area (Å²) in [6.45, 7) is -0.280. The average Bonchev–Trinajstić information content (AvgIpc) is 2.42. The van der Waals surface area contributed by atoms with E-state index in [1.807, 2.05) is 0 Å². The molecule has 0 bridgehead atoms. The van der Waals surface area contributed by atoms with Gasteiger partial charge < -0.3 is 9.84 Å². The van der Waals surface area contributed by atoms with E-state index in [2.05, 4.69) is 15.9 Å². The predicted octanol–water partition coefficient (Wildman–Crippen LogP) is 3.78. The summed E-state index contributed by atoms with van der Waals surface area (Å²) in [6, 6.07) is 8.23. The van der Waals surface area contributed by atoms with Crippen LogP contribution in [0.5, 0.6) is 11.5 Å². The van der Waals surface area contributed by atoms with Crippen molar-refractivity contribution in [2.45, 2.75) is 6.61 Å². The monoisotopic (exact) mass is 341 g/mol. The van der Waals surface area contributed by atoms with Crippen LogP contribution in [-0.4, -0.2) is 10.0 Å². The third-order valence-electron chi connectivity index (χ3n) is 2.54. The molecule has 0 saturated heterocycles. The fourth-order valence-electron chi connectivity index (χ4n) is 1.56. The molecule has 0 fully saturated rings. The Morgan fingerprint density at radius 3 is 2.65 bits per heavy atom. The molecule has 0 aliphatic heterocycles. The number of ether oxygens (including phenoxy) is 1. The van der Waals surface area contributed by atoms with Crippen LogP contribution in [0.3, 0.4) is 0 Å². The third-order valence-corrected chi connectivity index (χ3v) is 3.34. The molecule has 0 atom stereocenters. The van der Waals surface area contributed by atoms with Crippen LogP contribution in [-0.2, 0) is 6.61 Å². The maximum Gasteiger partial charge on any atom is 0.287 e. The summed E-state index contributed by atoms with van der Waals surface area (Å²) in [5.41, 5.74) is 0.239. The molecule has 0 saturated carbocycles. The van der Waals surface area contributed by atoms with Crippen LogP contribution in [0.1, 0.15) is 5.56 Å². The summed E-state index contributed by atoms with van der Waals surface area (Å²) < 4.78 is 19.2. The van der Waals surface area contributed by atoms with E-state index in [0.29, 0.717) is 5.56 Å². The second-order valence-electron chi connectivity index (χ2n) is 3.87. The fraction of sp³-hybridized carbons (Fsp3) is 0.0769. The van der Waals surface area contributed by atoms with Gasteiger partial charge in [-0.05, 0) is 39.7 Å². The van der Waals surface area contributed by atoms with Crippen LogP contribution < -0.4 is 4.74 Å². The molecule has 0 amide bonds. The summed E-state index contributed by atoms with van der Waals surface area (Å²) in [5.74, 6) is -0.604. The number of nitro benzene ring substituents is 1. The van der Waals surface area contributed by atoms with Gasteiger partial charge in [0.2, 0.25) is 0 Å². The van der Waals surface area contributed by atoms with Crippen molar-refractivity contribution in [3.8, 4) is 11.5 Å². The summed E-state index contributed by atoms with van der Waals surface area (Å²) in [5, 5.41) is 19.7. The Kier molecular flexibility index (Phi) is 4.31. The van der Waals surface area contributed by atoms with Gasteiger partial charge in [0, 0.05) is 6.07 Å². The second kappa shape index (κ2) is 5.98. The SMILES string of the molecule is O=[N+]([O-])c1cccc(Oc2ccc(CO)cc2F)c1Br. The highest BCUT2D eigenvalue weighted by Gasteiger charge is 2.17. The number of rotatable bonds is 4. The van der Waals surface area contributed by atoms with E-state index in [1.165, 1.54) is 30.3 Å². The van der Waals surface area contributed by atoms with Crippen molar-refractivity contribution in [2.75, 3.05) is 0 Å². The number of aliphatic hydroxyl groups is 1. The lowest BCUT2D eigenvalue weighted by Gasteiger charge is -2.09. The Bertz CT molecular complexity index is 663. The van der Waals surface area contributed by atoms with E-state index in [0.717, 1.165) is 6.07 Å². The lowest BCUT2D eigenvalue weighted by atomic mass is 10.2. The van der Waals surface area contributed by atoms with Crippen molar-refractivity contribution in [3.05, 3.63) is 62.4 Å². The van der Waals surface area contributed by atoms with Crippen molar-refractivity contribution in [2.24, 2.45) is 0 Å². The van der Waals surface area contributed by atoms with Crippen LogP contribution in [0, 0.1) is 15.9 Å². The van der Waals surface area contributed by atoms with Crippen molar-refractivity contribution in [3.63, 3.8) is 0 Å². The van der Waals surface area contributed by atoms with Gasteiger partial charge in [0.15, 0.2) is 11.6 Å². The quantitative estimate of drug-likeness (QED) is 0.678. The minimum Gasteiger partial charge on any atom is -0.453 e. The number of nitrogens with zero attached hydrogens (tertiary/aromatic N) is 1. The van der Waals surface area contributed by atoms with E-state index in [1.54, 1.807) is 0 Å². The molecule has 0 aliphatic rings. The molecule has 0 unspecified atom stereocenters. The van der Waals surface area contributed by atoms with Gasteiger partial charge in [0.25, 0.3) is 5.69 Å². The molecule has 2 rings (SSSR count). The predicted molar refractivity (Wildman–Crippen MR) is 73.2 cm³/mol. The maximum atomic E-state index is 13.7. The molecule has 5 nitrogen and oxygen atoms in total. The lowest BCUT2D eigenvalue weighted by Crippen LogP contribution is -1.94. The lowest BCUT2D eigenvalue weighted by molar-refractivity contribution is -0.385. The molecule has 104 valence electrons. The molecule has 2 aromatic rings. The molecule has 0 aromatic heterocycles. The zero-order valence-corrected chi connectivity index (χ0v) is 11.6. The Balaban J connectivity index is 2.35. The van der Waals surface area contributed by atoms with Gasteiger partial charge in [-0.25, -0.2) is 4.39 Å². The summed E-state index contributed by atoms with van der Waals surface area (Å²) in [7, 11) is 0. The highest BCUT2D eigenvalue weighted by atomic mass is 79.9. The first-order valence-electron chi connectivity index (χ1n) is 5.53. The van der Waals surface area contributed by atoms with Crippen LogP contribution in [0.4, 0.5) is 10.1 Å². The third kappa shape index (κ3) is 2.94. The molecule has 2 aromatic carbocycles. The molecule has 0 heterocycles. The van der Waals surface area contributed by atoms with Gasteiger partial charge >= 0.3 is 0 Å². The van der Waals surface area contributed by atoms with Gasteiger partial charge in [0.1, 0.15) is 10.2 Å². The minimum atomic E-state index is -0.657. The van der Waals surface area contributed by atoms with Gasteiger partial charge in [0.05, 0.1) is 11.5 Å². The highest BCUT2D eigenvalue weighted by Crippen LogP contribution is 2.37. The number of benzene rings is 2. The molecule has 0 radical (unpaired) electrons. The largest absolute Gasteiger partial charge is 0.453 e. The van der Waals surface area contributed by atoms with E-state index in [9.17, 15) is 14.5 Å². The van der Waals surface area contributed by atoms with Crippen LogP contribution >= 0.6 is 15.9 Å². The number of hydrogen-bond acceptors (Lipinski definition) is 4. The van der Waals surface area contributed by atoms with E-state index < -0.39 is 10.7 Å². The first kappa shape index (κ1) is 14.4. The fourth-order valence-corrected chi connectivity index (χ4v) is 2.05. The Morgan fingerprint density at radius 1 is 1.30 bits per heavy atom. The first-order chi connectivity index (χ1) is 9.52. The van der Waals surface area contributed by atoms with Gasteiger partial charge in [-0.3, -0.25) is 10.1 Å². The van der Waals surface area contributed by atoms with Crippen molar-refractivity contribution >= 4 is 21.6 Å². The zero-order chi connectivity index (χ0) is 14.7.